The second-order valence-electron chi connectivity index (χ2n) is 2.43. The van der Waals surface area contributed by atoms with E-state index in [-0.39, 0.29) is 4.90 Å². The minimum Gasteiger partial charge on any atom is -0.206 e. The average Bonchev–Trinajstić information content (AvgIpc) is 2.06. The van der Waals surface area contributed by atoms with Gasteiger partial charge in [0.1, 0.15) is 17.4 Å². The van der Waals surface area contributed by atoms with Crippen molar-refractivity contribution in [2.45, 2.75) is 11.1 Å². The number of nitrogens with zero attached hydrogens (tertiary/aromatic N) is 1. The Balaban J connectivity index is 3.56. The number of thiol groups is 1. The van der Waals surface area contributed by atoms with Crippen molar-refractivity contribution in [2.75, 3.05) is 0 Å². The van der Waals surface area contributed by atoms with Crippen molar-refractivity contribution < 1.29 is 17.6 Å². The number of nitriles is 1. The molecule has 0 bridgehead atoms. The van der Waals surface area contributed by atoms with Gasteiger partial charge in [-0.2, -0.15) is 18.4 Å². The van der Waals surface area contributed by atoms with Crippen LogP contribution < -0.4 is 0 Å². The molecule has 0 amide bonds. The van der Waals surface area contributed by atoms with Gasteiger partial charge in [-0.3, -0.25) is 0 Å². The van der Waals surface area contributed by atoms with Gasteiger partial charge in [-0.05, 0) is 12.1 Å². The van der Waals surface area contributed by atoms with Crippen molar-refractivity contribution in [1.82, 2.24) is 0 Å². The van der Waals surface area contributed by atoms with E-state index < -0.39 is 23.1 Å². The maximum Gasteiger partial charge on any atom is 0.420 e. The lowest BCUT2D eigenvalue weighted by atomic mass is 10.1. The molecule has 1 rings (SSSR count). The van der Waals surface area contributed by atoms with Gasteiger partial charge in [0.25, 0.3) is 0 Å². The Morgan fingerprint density at radius 2 is 1.86 bits per heavy atom. The third kappa shape index (κ3) is 1.82. The summed E-state index contributed by atoms with van der Waals surface area (Å²) in [5, 5.41) is 8.42. The number of alkyl halides is 3. The topological polar surface area (TPSA) is 23.8 Å². The van der Waals surface area contributed by atoms with Crippen LogP contribution in [0.25, 0.3) is 0 Å². The molecule has 0 saturated heterocycles. The normalized spacial score (nSPS) is 11.1. The predicted octanol–water partition coefficient (Wildman–Crippen LogP) is 3.00. The first kappa shape index (κ1) is 10.9. The number of benzene rings is 1. The smallest absolute Gasteiger partial charge is 0.206 e. The van der Waals surface area contributed by atoms with Gasteiger partial charge in [0.05, 0.1) is 5.56 Å². The van der Waals surface area contributed by atoms with Crippen LogP contribution in [0.4, 0.5) is 17.6 Å². The summed E-state index contributed by atoms with van der Waals surface area (Å²) in [4.78, 5) is -0.193. The van der Waals surface area contributed by atoms with Gasteiger partial charge in [0.15, 0.2) is 0 Å². The molecule has 1 aromatic carbocycles. The second-order valence-corrected chi connectivity index (χ2v) is 2.91. The number of rotatable bonds is 0. The number of hydrogen-bond donors (Lipinski definition) is 1. The SMILES string of the molecule is N#Cc1c(S)ccc(F)c1C(F)(F)F. The zero-order valence-corrected chi connectivity index (χ0v) is 7.46. The fraction of sp³-hybridized carbons (Fsp3) is 0.125. The highest BCUT2D eigenvalue weighted by molar-refractivity contribution is 7.80. The van der Waals surface area contributed by atoms with Crippen molar-refractivity contribution in [3.05, 3.63) is 29.1 Å². The molecule has 0 unspecified atom stereocenters. The molecule has 0 radical (unpaired) electrons. The zero-order chi connectivity index (χ0) is 10.9. The fourth-order valence-corrected chi connectivity index (χ4v) is 1.19. The molecule has 14 heavy (non-hydrogen) atoms. The van der Waals surface area contributed by atoms with Crippen LogP contribution in [0.1, 0.15) is 11.1 Å². The third-order valence-electron chi connectivity index (χ3n) is 1.53. The molecule has 0 fully saturated rings. The summed E-state index contributed by atoms with van der Waals surface area (Å²) in [5.41, 5.74) is -2.35. The van der Waals surface area contributed by atoms with E-state index in [1.54, 1.807) is 0 Å². The Labute approximate surface area is 82.4 Å². The zero-order valence-electron chi connectivity index (χ0n) is 6.56. The minimum atomic E-state index is -4.88. The second kappa shape index (κ2) is 3.50. The maximum absolute atomic E-state index is 12.8. The summed E-state index contributed by atoms with van der Waals surface area (Å²) < 4.78 is 49.6. The van der Waals surface area contributed by atoms with Gasteiger partial charge in [-0.25, -0.2) is 4.39 Å². The van der Waals surface area contributed by atoms with E-state index in [1.807, 2.05) is 0 Å². The molecule has 0 heterocycles. The fourth-order valence-electron chi connectivity index (χ4n) is 0.957. The summed E-state index contributed by atoms with van der Waals surface area (Å²) in [5.74, 6) is -1.47. The van der Waals surface area contributed by atoms with Crippen LogP contribution in [0.15, 0.2) is 17.0 Å². The van der Waals surface area contributed by atoms with Crippen LogP contribution in [0.3, 0.4) is 0 Å². The van der Waals surface area contributed by atoms with Crippen molar-refractivity contribution in [2.24, 2.45) is 0 Å². The molecule has 0 aliphatic rings. The van der Waals surface area contributed by atoms with Crippen LogP contribution in [0.5, 0.6) is 0 Å². The van der Waals surface area contributed by atoms with E-state index in [4.69, 9.17) is 5.26 Å². The van der Waals surface area contributed by atoms with Crippen molar-refractivity contribution >= 4 is 12.6 Å². The highest BCUT2D eigenvalue weighted by Gasteiger charge is 2.37. The molecular weight excluding hydrogens is 218 g/mol. The van der Waals surface area contributed by atoms with Crippen LogP contribution in [-0.2, 0) is 6.18 Å². The van der Waals surface area contributed by atoms with Crippen LogP contribution in [0, 0.1) is 17.1 Å². The van der Waals surface area contributed by atoms with Gasteiger partial charge >= 0.3 is 6.18 Å². The maximum atomic E-state index is 12.8. The predicted molar refractivity (Wildman–Crippen MR) is 43.4 cm³/mol. The molecule has 0 saturated carbocycles. The summed E-state index contributed by atoms with van der Waals surface area (Å²) >= 11 is 3.64. The van der Waals surface area contributed by atoms with Crippen molar-refractivity contribution in [1.29, 1.82) is 5.26 Å². The van der Waals surface area contributed by atoms with E-state index in [9.17, 15) is 17.6 Å². The van der Waals surface area contributed by atoms with Crippen molar-refractivity contribution in [3.8, 4) is 6.07 Å². The van der Waals surface area contributed by atoms with Gasteiger partial charge < -0.3 is 0 Å². The molecule has 0 aliphatic heterocycles. The lowest BCUT2D eigenvalue weighted by molar-refractivity contribution is -0.140. The largest absolute Gasteiger partial charge is 0.420 e. The molecule has 0 aliphatic carbocycles. The Morgan fingerprint density at radius 3 is 2.21 bits per heavy atom. The standard InChI is InChI=1S/C8H3F4NS/c9-5-1-2-6(14)4(3-13)7(5)8(10,11)12/h1-2,14H. The lowest BCUT2D eigenvalue weighted by Gasteiger charge is -2.10. The quantitative estimate of drug-likeness (QED) is 0.528. The van der Waals surface area contributed by atoms with Gasteiger partial charge in [-0.15, -0.1) is 12.6 Å². The molecule has 74 valence electrons. The Kier molecular flexibility index (Phi) is 2.71. The molecule has 1 aromatic rings. The van der Waals surface area contributed by atoms with E-state index >= 15 is 0 Å². The lowest BCUT2D eigenvalue weighted by Crippen LogP contribution is -2.11. The highest BCUT2D eigenvalue weighted by Crippen LogP contribution is 2.35. The average molecular weight is 221 g/mol. The van der Waals surface area contributed by atoms with Gasteiger partial charge in [0, 0.05) is 4.90 Å². The molecule has 0 atom stereocenters. The minimum absolute atomic E-state index is 0.193. The molecular formula is C8H3F4NS. The first-order chi connectivity index (χ1) is 6.38. The summed E-state index contributed by atoms with van der Waals surface area (Å²) in [6, 6.07) is 2.91. The van der Waals surface area contributed by atoms with Crippen LogP contribution in [0.2, 0.25) is 0 Å². The van der Waals surface area contributed by atoms with E-state index in [1.165, 1.54) is 6.07 Å². The Morgan fingerprint density at radius 1 is 1.29 bits per heavy atom. The molecule has 0 spiro atoms. The Bertz CT molecular complexity index is 405. The van der Waals surface area contributed by atoms with Crippen molar-refractivity contribution in [3.63, 3.8) is 0 Å². The summed E-state index contributed by atoms with van der Waals surface area (Å²) in [6.07, 6.45) is -4.88. The summed E-state index contributed by atoms with van der Waals surface area (Å²) in [6.45, 7) is 0. The molecule has 0 N–H and O–H groups in total. The van der Waals surface area contributed by atoms with E-state index in [2.05, 4.69) is 12.6 Å². The highest BCUT2D eigenvalue weighted by atomic mass is 32.1. The van der Waals surface area contributed by atoms with E-state index in [0.29, 0.717) is 6.07 Å². The monoisotopic (exact) mass is 221 g/mol. The van der Waals surface area contributed by atoms with E-state index in [0.717, 1.165) is 6.07 Å². The molecule has 1 nitrogen and oxygen atoms in total. The first-order valence-electron chi connectivity index (χ1n) is 3.36. The first-order valence-corrected chi connectivity index (χ1v) is 3.81. The van der Waals surface area contributed by atoms with Gasteiger partial charge in [-0.1, -0.05) is 0 Å². The number of halogens is 4. The third-order valence-corrected chi connectivity index (χ3v) is 1.90. The number of hydrogen-bond acceptors (Lipinski definition) is 2. The van der Waals surface area contributed by atoms with Crippen LogP contribution >= 0.6 is 12.6 Å². The molecule has 0 aromatic heterocycles. The Hall–Kier alpha value is -1.22. The summed E-state index contributed by atoms with van der Waals surface area (Å²) in [7, 11) is 0. The van der Waals surface area contributed by atoms with Gasteiger partial charge in [0.2, 0.25) is 0 Å². The van der Waals surface area contributed by atoms with Crippen LogP contribution in [-0.4, -0.2) is 0 Å². The molecule has 6 heteroatoms.